The van der Waals surface area contributed by atoms with Crippen LogP contribution in [0.5, 0.6) is 0 Å². The minimum atomic E-state index is -4.84. The van der Waals surface area contributed by atoms with Crippen LogP contribution in [0.2, 0.25) is 0 Å². The second-order valence-electron chi connectivity index (χ2n) is 6.67. The second kappa shape index (κ2) is 10.2. The number of carbonyl (C=O) groups is 1. The lowest BCUT2D eigenvalue weighted by Gasteiger charge is -2.26. The molecule has 0 aliphatic rings. The maximum absolute atomic E-state index is 15.3. The first-order chi connectivity index (χ1) is 15.3. The standard InChI is InChI=1S/C23H23F2O6P/c1-3-30-32(27,31-4-2)23(24,25)18-12-13-19(21-11-8-14-28-21)20(15-18)22(26)29-16-17-9-6-5-7-10-17/h5-15H,3-4,16H2,1-2H3. The highest BCUT2D eigenvalue weighted by Crippen LogP contribution is 2.66. The maximum atomic E-state index is 15.3. The van der Waals surface area contributed by atoms with Gasteiger partial charge in [-0.15, -0.1) is 0 Å². The van der Waals surface area contributed by atoms with E-state index in [2.05, 4.69) is 0 Å². The summed E-state index contributed by atoms with van der Waals surface area (Å²) in [6, 6.07) is 15.4. The molecule has 6 nitrogen and oxygen atoms in total. The molecule has 3 aromatic rings. The highest BCUT2D eigenvalue weighted by Gasteiger charge is 2.55. The highest BCUT2D eigenvalue weighted by atomic mass is 31.2. The fourth-order valence-electron chi connectivity index (χ4n) is 3.05. The summed E-state index contributed by atoms with van der Waals surface area (Å²) in [6.45, 7) is 2.36. The van der Waals surface area contributed by atoms with E-state index in [4.69, 9.17) is 18.2 Å². The molecule has 0 unspecified atom stereocenters. The van der Waals surface area contributed by atoms with Crippen LogP contribution in [0.1, 0.15) is 35.3 Å². The largest absolute Gasteiger partial charge is 0.464 e. The van der Waals surface area contributed by atoms with Gasteiger partial charge in [0, 0.05) is 11.1 Å². The smallest absolute Gasteiger partial charge is 0.404 e. The van der Waals surface area contributed by atoms with Crippen molar-refractivity contribution in [1.29, 1.82) is 0 Å². The fraction of sp³-hybridized carbons (Fsp3) is 0.261. The van der Waals surface area contributed by atoms with E-state index < -0.39 is 24.8 Å². The van der Waals surface area contributed by atoms with E-state index in [1.807, 2.05) is 6.07 Å². The van der Waals surface area contributed by atoms with Crippen molar-refractivity contribution in [3.8, 4) is 11.3 Å². The highest BCUT2D eigenvalue weighted by molar-refractivity contribution is 7.54. The SMILES string of the molecule is CCOP(=O)(OCC)C(F)(F)c1ccc(-c2ccco2)c(C(=O)OCc2ccccc2)c1. The Morgan fingerprint density at radius 1 is 1.00 bits per heavy atom. The van der Waals surface area contributed by atoms with Crippen LogP contribution in [-0.2, 0) is 30.6 Å². The van der Waals surface area contributed by atoms with Gasteiger partial charge in [-0.2, -0.15) is 8.78 Å². The Kier molecular flexibility index (Phi) is 7.61. The summed E-state index contributed by atoms with van der Waals surface area (Å²) in [7, 11) is -4.84. The maximum Gasteiger partial charge on any atom is 0.404 e. The molecule has 0 saturated carbocycles. The van der Waals surface area contributed by atoms with Crippen LogP contribution in [0.25, 0.3) is 11.3 Å². The van der Waals surface area contributed by atoms with Crippen LogP contribution >= 0.6 is 7.60 Å². The Labute approximate surface area is 184 Å². The molecule has 0 aliphatic heterocycles. The lowest BCUT2D eigenvalue weighted by Crippen LogP contribution is -2.19. The monoisotopic (exact) mass is 464 g/mol. The molecule has 1 aromatic heterocycles. The van der Waals surface area contributed by atoms with Gasteiger partial charge < -0.3 is 18.2 Å². The quantitative estimate of drug-likeness (QED) is 0.248. The van der Waals surface area contributed by atoms with E-state index >= 15 is 8.78 Å². The Balaban J connectivity index is 2.01. The van der Waals surface area contributed by atoms with E-state index in [1.54, 1.807) is 36.4 Å². The number of furan rings is 1. The molecule has 3 rings (SSSR count). The third-order valence-electron chi connectivity index (χ3n) is 4.53. The lowest BCUT2D eigenvalue weighted by molar-refractivity contribution is 0.0355. The minimum Gasteiger partial charge on any atom is -0.464 e. The Morgan fingerprint density at radius 2 is 1.69 bits per heavy atom. The molecule has 0 saturated heterocycles. The van der Waals surface area contributed by atoms with E-state index in [0.29, 0.717) is 5.76 Å². The van der Waals surface area contributed by atoms with Crippen molar-refractivity contribution in [1.82, 2.24) is 0 Å². The summed E-state index contributed by atoms with van der Waals surface area (Å²) in [5, 5.41) is 0. The zero-order valence-electron chi connectivity index (χ0n) is 17.6. The number of carbonyl (C=O) groups excluding carboxylic acids is 1. The van der Waals surface area contributed by atoms with Gasteiger partial charge >= 0.3 is 19.2 Å². The van der Waals surface area contributed by atoms with Crippen molar-refractivity contribution in [3.05, 3.63) is 83.6 Å². The predicted molar refractivity (Wildman–Crippen MR) is 114 cm³/mol. The molecular weight excluding hydrogens is 441 g/mol. The molecule has 0 radical (unpaired) electrons. The first kappa shape index (κ1) is 23.9. The van der Waals surface area contributed by atoms with Crippen molar-refractivity contribution in [2.75, 3.05) is 13.2 Å². The van der Waals surface area contributed by atoms with E-state index in [-0.39, 0.29) is 30.9 Å². The van der Waals surface area contributed by atoms with Gasteiger partial charge in [-0.25, -0.2) is 4.79 Å². The number of rotatable bonds is 10. The van der Waals surface area contributed by atoms with Crippen LogP contribution in [0, 0.1) is 0 Å². The molecule has 0 atom stereocenters. The fourth-order valence-corrected chi connectivity index (χ4v) is 4.58. The van der Waals surface area contributed by atoms with Crippen LogP contribution in [0.3, 0.4) is 0 Å². The topological polar surface area (TPSA) is 75.0 Å². The Morgan fingerprint density at radius 3 is 2.28 bits per heavy atom. The molecule has 0 fully saturated rings. The molecule has 0 aliphatic carbocycles. The van der Waals surface area contributed by atoms with Crippen LogP contribution < -0.4 is 0 Å². The van der Waals surface area contributed by atoms with E-state index in [0.717, 1.165) is 17.7 Å². The van der Waals surface area contributed by atoms with Crippen molar-refractivity contribution < 1.29 is 36.3 Å². The first-order valence-corrected chi connectivity index (χ1v) is 11.5. The molecular formula is C23H23F2O6P. The number of ether oxygens (including phenoxy) is 1. The molecule has 0 spiro atoms. The minimum absolute atomic E-state index is 0.0473. The number of benzene rings is 2. The average Bonchev–Trinajstić information content (AvgIpc) is 3.33. The van der Waals surface area contributed by atoms with Gasteiger partial charge in [0.1, 0.15) is 12.4 Å². The number of halogens is 2. The van der Waals surface area contributed by atoms with Crippen molar-refractivity contribution in [2.24, 2.45) is 0 Å². The zero-order valence-corrected chi connectivity index (χ0v) is 18.5. The van der Waals surface area contributed by atoms with Gasteiger partial charge in [-0.3, -0.25) is 4.57 Å². The normalized spacial score (nSPS) is 12.0. The summed E-state index contributed by atoms with van der Waals surface area (Å²) in [5.74, 6) is -0.537. The van der Waals surface area contributed by atoms with Gasteiger partial charge in [0.25, 0.3) is 0 Å². The van der Waals surface area contributed by atoms with E-state index in [9.17, 15) is 9.36 Å². The predicted octanol–water partition coefficient (Wildman–Crippen LogP) is 6.62. The summed E-state index contributed by atoms with van der Waals surface area (Å²) < 4.78 is 63.7. The van der Waals surface area contributed by atoms with E-state index in [1.165, 1.54) is 26.2 Å². The molecule has 0 amide bonds. The van der Waals surface area contributed by atoms with Crippen LogP contribution in [0.15, 0.2) is 71.3 Å². The molecule has 32 heavy (non-hydrogen) atoms. The second-order valence-corrected chi connectivity index (χ2v) is 8.75. The average molecular weight is 464 g/mol. The molecule has 9 heteroatoms. The molecule has 0 bridgehead atoms. The third-order valence-corrected chi connectivity index (χ3v) is 6.67. The summed E-state index contributed by atoms with van der Waals surface area (Å²) in [6.07, 6.45) is 1.40. The molecule has 170 valence electrons. The van der Waals surface area contributed by atoms with Crippen molar-refractivity contribution >= 4 is 13.6 Å². The van der Waals surface area contributed by atoms with Gasteiger partial charge in [-0.1, -0.05) is 36.4 Å². The Hall–Kier alpha value is -2.80. The lowest BCUT2D eigenvalue weighted by atomic mass is 10.0. The van der Waals surface area contributed by atoms with Gasteiger partial charge in [0.15, 0.2) is 0 Å². The number of alkyl halides is 2. The van der Waals surface area contributed by atoms with Crippen LogP contribution in [-0.4, -0.2) is 19.2 Å². The summed E-state index contributed by atoms with van der Waals surface area (Å²) in [4.78, 5) is 12.9. The summed E-state index contributed by atoms with van der Waals surface area (Å²) in [5.41, 5.74) is -3.85. The molecule has 2 aromatic carbocycles. The number of hydrogen-bond acceptors (Lipinski definition) is 6. The van der Waals surface area contributed by atoms with Crippen molar-refractivity contribution in [2.45, 2.75) is 26.1 Å². The van der Waals surface area contributed by atoms with Crippen LogP contribution in [0.4, 0.5) is 8.78 Å². The van der Waals surface area contributed by atoms with Gasteiger partial charge in [0.2, 0.25) is 0 Å². The van der Waals surface area contributed by atoms with Crippen molar-refractivity contribution in [3.63, 3.8) is 0 Å². The number of hydrogen-bond donors (Lipinski definition) is 0. The molecule has 0 N–H and O–H groups in total. The van der Waals surface area contributed by atoms with Gasteiger partial charge in [0.05, 0.1) is 25.0 Å². The third kappa shape index (κ3) is 4.99. The molecule has 1 heterocycles. The first-order valence-electron chi connectivity index (χ1n) is 9.99. The Bertz CT molecular complexity index is 1070. The van der Waals surface area contributed by atoms with Gasteiger partial charge in [-0.05, 0) is 43.7 Å². The number of esters is 1. The summed E-state index contributed by atoms with van der Waals surface area (Å²) >= 11 is 0. The zero-order chi connectivity index (χ0) is 23.2.